The molecule has 0 atom stereocenters. The van der Waals surface area contributed by atoms with Gasteiger partial charge in [0.25, 0.3) is 0 Å². The summed E-state index contributed by atoms with van der Waals surface area (Å²) in [4.78, 5) is 5.48. The number of sulfonamides is 1. The number of benzene rings is 2. The maximum absolute atomic E-state index is 11.8. The Morgan fingerprint density at radius 1 is 1.19 bits per heavy atom. The molecule has 0 aliphatic heterocycles. The van der Waals surface area contributed by atoms with Crippen LogP contribution in [0, 0.1) is 0 Å². The summed E-state index contributed by atoms with van der Waals surface area (Å²) in [5, 5.41) is 7.35. The number of thiazole rings is 1. The Balaban J connectivity index is 0.00000261. The normalized spacial score (nSPS) is 12.0. The van der Waals surface area contributed by atoms with Gasteiger partial charge in [0.15, 0.2) is 4.80 Å². The summed E-state index contributed by atoms with van der Waals surface area (Å²) in [6.45, 7) is 2.84. The molecule has 0 spiro atoms. The van der Waals surface area contributed by atoms with Gasteiger partial charge in [-0.3, -0.25) is 0 Å². The number of halogens is 2. The lowest BCUT2D eigenvalue weighted by Crippen LogP contribution is -2.16. The summed E-state index contributed by atoms with van der Waals surface area (Å²) in [5.41, 5.74) is 2.48. The van der Waals surface area contributed by atoms with Crippen LogP contribution in [0.3, 0.4) is 0 Å². The number of hydrogen-bond acceptors (Lipinski definition) is 4. The summed E-state index contributed by atoms with van der Waals surface area (Å²) in [5.74, 6) is 0. The maximum Gasteiger partial charge on any atom is 0.239 e. The van der Waals surface area contributed by atoms with Gasteiger partial charge in [-0.2, -0.15) is 0 Å². The number of hydrogen-bond donors (Lipinski definition) is 1. The van der Waals surface area contributed by atoms with E-state index in [1.807, 2.05) is 35.7 Å². The quantitative estimate of drug-likeness (QED) is 0.563. The fourth-order valence-corrected chi connectivity index (χ4v) is 4.61. The van der Waals surface area contributed by atoms with Crippen LogP contribution in [0.25, 0.3) is 11.3 Å². The molecule has 3 aromatic rings. The van der Waals surface area contributed by atoms with Gasteiger partial charge in [0.1, 0.15) is 4.90 Å². The van der Waals surface area contributed by atoms with Crippen LogP contribution in [-0.2, 0) is 16.6 Å². The molecule has 1 heterocycles. The van der Waals surface area contributed by atoms with Crippen molar-refractivity contribution in [1.82, 2.24) is 4.57 Å². The smallest absolute Gasteiger partial charge is 0.239 e. The molecular weight excluding hydrogens is 470 g/mol. The van der Waals surface area contributed by atoms with E-state index in [1.165, 1.54) is 17.4 Å². The molecule has 2 aromatic carbocycles. The van der Waals surface area contributed by atoms with Crippen molar-refractivity contribution in [3.05, 3.63) is 63.7 Å². The van der Waals surface area contributed by atoms with Crippen molar-refractivity contribution in [2.75, 3.05) is 0 Å². The topological polar surface area (TPSA) is 77.5 Å². The van der Waals surface area contributed by atoms with Gasteiger partial charge in [-0.05, 0) is 30.7 Å². The molecular formula is C18H19BrClN3O2S2. The van der Waals surface area contributed by atoms with E-state index >= 15 is 0 Å². The zero-order valence-electron chi connectivity index (χ0n) is 14.5. The largest absolute Gasteiger partial charge is 0.316 e. The summed E-state index contributed by atoms with van der Waals surface area (Å²) in [6.07, 6.45) is 0.918. The van der Waals surface area contributed by atoms with Crippen molar-refractivity contribution in [3.63, 3.8) is 0 Å². The van der Waals surface area contributed by atoms with Crippen LogP contribution in [0.1, 0.15) is 13.3 Å². The van der Waals surface area contributed by atoms with Gasteiger partial charge < -0.3 is 4.57 Å². The predicted molar refractivity (Wildman–Crippen MR) is 116 cm³/mol. The van der Waals surface area contributed by atoms with E-state index < -0.39 is 10.0 Å². The van der Waals surface area contributed by atoms with Crippen LogP contribution in [0.15, 0.2) is 63.8 Å². The number of nitrogens with zero attached hydrogens (tertiary/aromatic N) is 2. The molecule has 27 heavy (non-hydrogen) atoms. The van der Waals surface area contributed by atoms with E-state index in [9.17, 15) is 8.42 Å². The Hall–Kier alpha value is -1.45. The van der Waals surface area contributed by atoms with Crippen molar-refractivity contribution in [2.24, 2.45) is 10.1 Å². The number of primary sulfonamides is 1. The zero-order chi connectivity index (χ0) is 18.7. The molecule has 1 aromatic heterocycles. The highest BCUT2D eigenvalue weighted by atomic mass is 79.9. The average Bonchev–Trinajstić information content (AvgIpc) is 2.98. The van der Waals surface area contributed by atoms with Crippen LogP contribution in [0.2, 0.25) is 5.02 Å². The second-order valence-electron chi connectivity index (χ2n) is 5.69. The van der Waals surface area contributed by atoms with Crippen LogP contribution >= 0.6 is 39.9 Å². The Morgan fingerprint density at radius 2 is 1.89 bits per heavy atom. The summed E-state index contributed by atoms with van der Waals surface area (Å²) in [7, 11) is -3.89. The van der Waals surface area contributed by atoms with Crippen molar-refractivity contribution in [1.29, 1.82) is 0 Å². The minimum atomic E-state index is -3.89. The highest BCUT2D eigenvalue weighted by molar-refractivity contribution is 8.93. The first-order chi connectivity index (χ1) is 12.4. The molecule has 0 saturated carbocycles. The van der Waals surface area contributed by atoms with Crippen molar-refractivity contribution >= 4 is 55.6 Å². The Bertz CT molecular complexity index is 1090. The first-order valence-corrected chi connectivity index (χ1v) is 10.8. The first kappa shape index (κ1) is 21.8. The number of para-hydroxylation sites is 1. The Kier molecular flexibility index (Phi) is 7.41. The van der Waals surface area contributed by atoms with E-state index in [2.05, 4.69) is 11.5 Å². The third kappa shape index (κ3) is 5.08. The third-order valence-electron chi connectivity index (χ3n) is 3.76. The Labute approximate surface area is 178 Å². The lowest BCUT2D eigenvalue weighted by molar-refractivity contribution is 0.598. The van der Waals surface area contributed by atoms with Gasteiger partial charge in [-0.1, -0.05) is 42.8 Å². The highest BCUT2D eigenvalue weighted by Crippen LogP contribution is 2.28. The monoisotopic (exact) mass is 487 g/mol. The van der Waals surface area contributed by atoms with Gasteiger partial charge >= 0.3 is 0 Å². The van der Waals surface area contributed by atoms with Crippen molar-refractivity contribution in [3.8, 4) is 11.3 Å². The van der Waals surface area contributed by atoms with Gasteiger partial charge in [-0.25, -0.2) is 18.5 Å². The third-order valence-corrected chi connectivity index (χ3v) is 6.02. The average molecular weight is 489 g/mol. The molecule has 0 radical (unpaired) electrons. The minimum Gasteiger partial charge on any atom is -0.316 e. The maximum atomic E-state index is 11.8. The molecule has 144 valence electrons. The molecule has 0 amide bonds. The molecule has 0 unspecified atom stereocenters. The van der Waals surface area contributed by atoms with Crippen LogP contribution < -0.4 is 9.94 Å². The second-order valence-corrected chi connectivity index (χ2v) is 8.47. The zero-order valence-corrected chi connectivity index (χ0v) is 18.6. The molecule has 0 aliphatic rings. The Morgan fingerprint density at radius 3 is 2.52 bits per heavy atom. The molecule has 0 saturated heterocycles. The number of nitrogens with two attached hydrogens (primary N) is 1. The van der Waals surface area contributed by atoms with Crippen LogP contribution in [0.5, 0.6) is 0 Å². The summed E-state index contributed by atoms with van der Waals surface area (Å²) < 4.78 is 25.6. The van der Waals surface area contributed by atoms with E-state index in [-0.39, 0.29) is 26.9 Å². The van der Waals surface area contributed by atoms with Gasteiger partial charge in [0, 0.05) is 17.5 Å². The standard InChI is InChI=1S/C18H18ClN3O2S2.BrH/c1-2-10-22-16(12-25-18(22)21-14-6-4-3-5-7-14)13-8-9-15(19)17(11-13)26(20,23)24;/h3-9,11-12H,2,10H2,1H3,(H2,20,23,24);1H. The molecule has 0 fully saturated rings. The van der Waals surface area contributed by atoms with E-state index in [0.29, 0.717) is 0 Å². The molecule has 2 N–H and O–H groups in total. The molecule has 0 aliphatic carbocycles. The molecule has 9 heteroatoms. The summed E-state index contributed by atoms with van der Waals surface area (Å²) >= 11 is 7.51. The van der Waals surface area contributed by atoms with Gasteiger partial charge in [0.2, 0.25) is 10.0 Å². The highest BCUT2D eigenvalue weighted by Gasteiger charge is 2.16. The molecule has 3 rings (SSSR count). The lowest BCUT2D eigenvalue weighted by Gasteiger charge is -2.10. The summed E-state index contributed by atoms with van der Waals surface area (Å²) in [6, 6.07) is 14.6. The number of rotatable bonds is 5. The molecule has 0 bridgehead atoms. The van der Waals surface area contributed by atoms with Crippen molar-refractivity contribution < 1.29 is 8.42 Å². The van der Waals surface area contributed by atoms with Crippen LogP contribution in [0.4, 0.5) is 5.69 Å². The fraction of sp³-hybridized carbons (Fsp3) is 0.167. The van der Waals surface area contributed by atoms with E-state index in [0.717, 1.165) is 34.7 Å². The van der Waals surface area contributed by atoms with E-state index in [1.54, 1.807) is 12.1 Å². The van der Waals surface area contributed by atoms with Gasteiger partial charge in [-0.15, -0.1) is 28.3 Å². The minimum absolute atomic E-state index is 0. The van der Waals surface area contributed by atoms with Crippen LogP contribution in [-0.4, -0.2) is 13.0 Å². The second kappa shape index (κ2) is 9.16. The van der Waals surface area contributed by atoms with E-state index in [4.69, 9.17) is 21.7 Å². The first-order valence-electron chi connectivity index (χ1n) is 8.01. The number of aromatic nitrogens is 1. The van der Waals surface area contributed by atoms with Gasteiger partial charge in [0.05, 0.1) is 16.4 Å². The predicted octanol–water partition coefficient (Wildman–Crippen LogP) is 4.74. The van der Waals surface area contributed by atoms with Crippen molar-refractivity contribution in [2.45, 2.75) is 24.8 Å². The fourth-order valence-electron chi connectivity index (χ4n) is 2.58. The molecule has 5 nitrogen and oxygen atoms in total. The SMILES string of the molecule is Br.CCCn1c(-c2ccc(Cl)c(S(N)(=O)=O)c2)csc1=Nc1ccccc1. The lowest BCUT2D eigenvalue weighted by atomic mass is 10.1.